The van der Waals surface area contributed by atoms with E-state index >= 15 is 0 Å². The lowest BCUT2D eigenvalue weighted by atomic mass is 10.1. The molecule has 1 fully saturated rings. The van der Waals surface area contributed by atoms with Gasteiger partial charge in [0.15, 0.2) is 0 Å². The van der Waals surface area contributed by atoms with Gasteiger partial charge in [0, 0.05) is 24.2 Å². The van der Waals surface area contributed by atoms with E-state index in [9.17, 15) is 0 Å². The van der Waals surface area contributed by atoms with Crippen molar-refractivity contribution in [3.8, 4) is 0 Å². The van der Waals surface area contributed by atoms with Gasteiger partial charge in [-0.3, -0.25) is 0 Å². The molecule has 0 spiro atoms. The second kappa shape index (κ2) is 6.14. The zero-order valence-corrected chi connectivity index (χ0v) is 11.7. The fraction of sp³-hybridized carbons (Fsp3) is 0.714. The van der Waals surface area contributed by atoms with E-state index in [1.165, 1.54) is 25.9 Å². The fourth-order valence-electron chi connectivity index (χ4n) is 2.31. The van der Waals surface area contributed by atoms with Crippen molar-refractivity contribution < 1.29 is 0 Å². The molecule has 1 aromatic rings. The van der Waals surface area contributed by atoms with Crippen LogP contribution in [0.4, 0.5) is 5.82 Å². The van der Waals surface area contributed by atoms with Crippen LogP contribution in [-0.2, 0) is 0 Å². The second-order valence-corrected chi connectivity index (χ2v) is 5.48. The van der Waals surface area contributed by atoms with Gasteiger partial charge in [-0.1, -0.05) is 13.8 Å². The zero-order chi connectivity index (χ0) is 13.0. The third-order valence-electron chi connectivity index (χ3n) is 3.41. The number of aryl methyl sites for hydroxylation is 1. The molecule has 1 unspecified atom stereocenters. The van der Waals surface area contributed by atoms with Gasteiger partial charge in [0.05, 0.1) is 0 Å². The van der Waals surface area contributed by atoms with Gasteiger partial charge in [-0.15, -0.1) is 0 Å². The summed E-state index contributed by atoms with van der Waals surface area (Å²) >= 11 is 0. The molecule has 1 atom stereocenters. The summed E-state index contributed by atoms with van der Waals surface area (Å²) in [6.45, 7) is 9.63. The summed E-state index contributed by atoms with van der Waals surface area (Å²) in [5.74, 6) is 3.10. The lowest BCUT2D eigenvalue weighted by molar-refractivity contribution is 0.548. The van der Waals surface area contributed by atoms with Crippen LogP contribution >= 0.6 is 0 Å². The van der Waals surface area contributed by atoms with Crippen molar-refractivity contribution in [1.29, 1.82) is 0 Å². The zero-order valence-electron chi connectivity index (χ0n) is 11.7. The molecule has 100 valence electrons. The molecule has 0 saturated carbocycles. The highest BCUT2D eigenvalue weighted by atomic mass is 15.0. The molecule has 2 rings (SSSR count). The van der Waals surface area contributed by atoms with Crippen LogP contribution in [0, 0.1) is 12.8 Å². The first kappa shape index (κ1) is 13.3. The van der Waals surface area contributed by atoms with Crippen molar-refractivity contribution in [3.63, 3.8) is 0 Å². The summed E-state index contributed by atoms with van der Waals surface area (Å²) in [6.07, 6.45) is 2.52. The van der Waals surface area contributed by atoms with Gasteiger partial charge in [-0.05, 0) is 38.8 Å². The molecule has 1 saturated heterocycles. The van der Waals surface area contributed by atoms with Crippen LogP contribution in [-0.4, -0.2) is 29.6 Å². The Hall–Kier alpha value is -1.16. The SMILES string of the molecule is Cc1cc(NCCC2CCNC2)nc(C(C)C)n1. The quantitative estimate of drug-likeness (QED) is 0.839. The van der Waals surface area contributed by atoms with E-state index in [0.29, 0.717) is 5.92 Å². The van der Waals surface area contributed by atoms with Crippen LogP contribution in [0.2, 0.25) is 0 Å². The first-order valence-electron chi connectivity index (χ1n) is 6.95. The van der Waals surface area contributed by atoms with Crippen LogP contribution in [0.25, 0.3) is 0 Å². The minimum absolute atomic E-state index is 0.379. The van der Waals surface area contributed by atoms with E-state index in [4.69, 9.17) is 0 Å². The molecule has 0 aliphatic carbocycles. The third kappa shape index (κ3) is 3.67. The van der Waals surface area contributed by atoms with E-state index in [1.807, 2.05) is 13.0 Å². The molecular weight excluding hydrogens is 224 g/mol. The Balaban J connectivity index is 1.88. The summed E-state index contributed by atoms with van der Waals surface area (Å²) in [5, 5.41) is 6.83. The van der Waals surface area contributed by atoms with Crippen molar-refractivity contribution in [2.24, 2.45) is 5.92 Å². The summed E-state index contributed by atoms with van der Waals surface area (Å²) in [5.41, 5.74) is 1.04. The molecule has 1 aromatic heterocycles. The van der Waals surface area contributed by atoms with Crippen molar-refractivity contribution in [3.05, 3.63) is 17.6 Å². The van der Waals surface area contributed by atoms with Gasteiger partial charge in [-0.25, -0.2) is 9.97 Å². The van der Waals surface area contributed by atoms with E-state index in [2.05, 4.69) is 34.4 Å². The molecule has 4 nitrogen and oxygen atoms in total. The van der Waals surface area contributed by atoms with Crippen molar-refractivity contribution >= 4 is 5.82 Å². The van der Waals surface area contributed by atoms with Gasteiger partial charge >= 0.3 is 0 Å². The van der Waals surface area contributed by atoms with E-state index in [0.717, 1.165) is 29.8 Å². The van der Waals surface area contributed by atoms with Crippen LogP contribution < -0.4 is 10.6 Å². The number of aromatic nitrogens is 2. The molecule has 2 N–H and O–H groups in total. The number of hydrogen-bond donors (Lipinski definition) is 2. The Labute approximate surface area is 110 Å². The van der Waals surface area contributed by atoms with Gasteiger partial charge in [0.2, 0.25) is 0 Å². The van der Waals surface area contributed by atoms with Crippen molar-refractivity contribution in [1.82, 2.24) is 15.3 Å². The minimum atomic E-state index is 0.379. The lowest BCUT2D eigenvalue weighted by Crippen LogP contribution is -2.14. The maximum Gasteiger partial charge on any atom is 0.133 e. The van der Waals surface area contributed by atoms with Gasteiger partial charge in [0.25, 0.3) is 0 Å². The Morgan fingerprint density at radius 2 is 2.28 bits per heavy atom. The smallest absolute Gasteiger partial charge is 0.133 e. The molecule has 1 aliphatic rings. The minimum Gasteiger partial charge on any atom is -0.370 e. The molecule has 0 bridgehead atoms. The number of rotatable bonds is 5. The molecule has 1 aliphatic heterocycles. The van der Waals surface area contributed by atoms with Crippen LogP contribution in [0.5, 0.6) is 0 Å². The summed E-state index contributed by atoms with van der Waals surface area (Å²) < 4.78 is 0. The first-order valence-corrected chi connectivity index (χ1v) is 6.95. The highest BCUT2D eigenvalue weighted by molar-refractivity contribution is 5.36. The maximum absolute atomic E-state index is 4.56. The van der Waals surface area contributed by atoms with Crippen LogP contribution in [0.15, 0.2) is 6.07 Å². The molecule has 2 heterocycles. The molecule has 4 heteroatoms. The standard InChI is InChI=1S/C14H24N4/c1-10(2)14-17-11(3)8-13(18-14)16-7-5-12-4-6-15-9-12/h8,10,12,15H,4-7,9H2,1-3H3,(H,16,17,18). The first-order chi connectivity index (χ1) is 8.65. The fourth-order valence-corrected chi connectivity index (χ4v) is 2.31. The van der Waals surface area contributed by atoms with E-state index in [1.54, 1.807) is 0 Å². The molecule has 18 heavy (non-hydrogen) atoms. The largest absolute Gasteiger partial charge is 0.370 e. The second-order valence-electron chi connectivity index (χ2n) is 5.48. The predicted octanol–water partition coefficient (Wildman–Crippen LogP) is 2.32. The van der Waals surface area contributed by atoms with E-state index in [-0.39, 0.29) is 0 Å². The summed E-state index contributed by atoms with van der Waals surface area (Å²) in [6, 6.07) is 2.03. The monoisotopic (exact) mass is 248 g/mol. The topological polar surface area (TPSA) is 49.8 Å². The Bertz CT molecular complexity index is 383. The van der Waals surface area contributed by atoms with Gasteiger partial charge < -0.3 is 10.6 Å². The average molecular weight is 248 g/mol. The highest BCUT2D eigenvalue weighted by Crippen LogP contribution is 2.15. The predicted molar refractivity (Wildman–Crippen MR) is 74.9 cm³/mol. The highest BCUT2D eigenvalue weighted by Gasteiger charge is 2.13. The van der Waals surface area contributed by atoms with E-state index < -0.39 is 0 Å². The Morgan fingerprint density at radius 1 is 1.44 bits per heavy atom. The van der Waals surface area contributed by atoms with Crippen molar-refractivity contribution in [2.45, 2.75) is 39.5 Å². The Kier molecular flexibility index (Phi) is 4.53. The molecular formula is C14H24N4. The number of nitrogens with one attached hydrogen (secondary N) is 2. The summed E-state index contributed by atoms with van der Waals surface area (Å²) in [7, 11) is 0. The molecule has 0 aromatic carbocycles. The van der Waals surface area contributed by atoms with Crippen LogP contribution in [0.1, 0.15) is 44.1 Å². The lowest BCUT2D eigenvalue weighted by Gasteiger charge is -2.12. The van der Waals surface area contributed by atoms with Crippen molar-refractivity contribution in [2.75, 3.05) is 25.0 Å². The van der Waals surface area contributed by atoms with Gasteiger partial charge in [0.1, 0.15) is 11.6 Å². The Morgan fingerprint density at radius 3 is 2.94 bits per heavy atom. The number of anilines is 1. The number of nitrogens with zero attached hydrogens (tertiary/aromatic N) is 2. The number of hydrogen-bond acceptors (Lipinski definition) is 4. The average Bonchev–Trinajstić information content (AvgIpc) is 2.81. The maximum atomic E-state index is 4.56. The molecule has 0 amide bonds. The van der Waals surface area contributed by atoms with Gasteiger partial charge in [-0.2, -0.15) is 0 Å². The summed E-state index contributed by atoms with van der Waals surface area (Å²) in [4.78, 5) is 9.02. The third-order valence-corrected chi connectivity index (χ3v) is 3.41. The van der Waals surface area contributed by atoms with Crippen LogP contribution in [0.3, 0.4) is 0 Å². The normalized spacial score (nSPS) is 19.4. The molecule has 0 radical (unpaired) electrons.